The molecule has 0 N–H and O–H groups in total. The van der Waals surface area contributed by atoms with E-state index >= 15 is 0 Å². The van der Waals surface area contributed by atoms with Gasteiger partial charge in [0.1, 0.15) is 5.60 Å². The van der Waals surface area contributed by atoms with E-state index in [4.69, 9.17) is 4.74 Å². The first kappa shape index (κ1) is 13.5. The highest BCUT2D eigenvalue weighted by Crippen LogP contribution is 2.48. The van der Waals surface area contributed by atoms with Gasteiger partial charge in [-0.15, -0.1) is 0 Å². The smallest absolute Gasteiger partial charge is 0.410 e. The zero-order chi connectivity index (χ0) is 14.3. The first-order chi connectivity index (χ1) is 9.46. The number of rotatable bonds is 1. The van der Waals surface area contributed by atoms with Crippen molar-refractivity contribution < 1.29 is 9.53 Å². The first-order valence-electron chi connectivity index (χ1n) is 7.50. The second-order valence-electron chi connectivity index (χ2n) is 6.97. The molecule has 3 atom stereocenters. The highest BCUT2D eigenvalue weighted by Gasteiger charge is 2.50. The lowest BCUT2D eigenvalue weighted by Gasteiger charge is -2.30. The van der Waals surface area contributed by atoms with E-state index < -0.39 is 5.60 Å². The molecule has 0 aromatic heterocycles. The van der Waals surface area contributed by atoms with E-state index in [0.717, 1.165) is 13.0 Å². The zero-order valence-electron chi connectivity index (χ0n) is 12.5. The van der Waals surface area contributed by atoms with Crippen LogP contribution in [0.2, 0.25) is 0 Å². The third kappa shape index (κ3) is 2.41. The number of nitrogens with zero attached hydrogens (tertiary/aromatic N) is 1. The SMILES string of the molecule is CC(C)(C)OC(=O)N1C[C@H]2CC[C@@H]1[C@@H]2c1ccccc1. The van der Waals surface area contributed by atoms with Crippen molar-refractivity contribution in [2.24, 2.45) is 5.92 Å². The summed E-state index contributed by atoms with van der Waals surface area (Å²) in [5, 5.41) is 0. The lowest BCUT2D eigenvalue weighted by molar-refractivity contribution is 0.0187. The molecule has 2 bridgehead atoms. The minimum absolute atomic E-state index is 0.148. The molecule has 0 spiro atoms. The monoisotopic (exact) mass is 273 g/mol. The molecule has 0 radical (unpaired) electrons. The molecule has 2 fully saturated rings. The number of benzene rings is 1. The molecule has 1 saturated carbocycles. The normalized spacial score (nSPS) is 28.8. The standard InChI is InChI=1S/C17H23NO2/c1-17(2,3)20-16(19)18-11-13-9-10-14(18)15(13)12-7-5-4-6-8-12/h4-8,13-15H,9-11H2,1-3H3/t13-,14-,15-/m1/s1. The molecule has 1 amide bonds. The van der Waals surface area contributed by atoms with Crippen LogP contribution < -0.4 is 0 Å². The van der Waals surface area contributed by atoms with Gasteiger partial charge in [-0.2, -0.15) is 0 Å². The van der Waals surface area contributed by atoms with Crippen molar-refractivity contribution in [1.82, 2.24) is 4.90 Å². The average molecular weight is 273 g/mol. The number of hydrogen-bond acceptors (Lipinski definition) is 2. The van der Waals surface area contributed by atoms with E-state index in [1.807, 2.05) is 31.7 Å². The maximum Gasteiger partial charge on any atom is 0.410 e. The van der Waals surface area contributed by atoms with Gasteiger partial charge >= 0.3 is 6.09 Å². The van der Waals surface area contributed by atoms with Gasteiger partial charge in [-0.05, 0) is 45.1 Å². The van der Waals surface area contributed by atoms with Crippen LogP contribution in [0.4, 0.5) is 4.79 Å². The van der Waals surface area contributed by atoms with Gasteiger partial charge in [0.25, 0.3) is 0 Å². The highest BCUT2D eigenvalue weighted by molar-refractivity contribution is 5.69. The fourth-order valence-corrected chi connectivity index (χ4v) is 3.70. The third-order valence-electron chi connectivity index (χ3n) is 4.40. The second kappa shape index (κ2) is 4.80. The number of ether oxygens (including phenoxy) is 1. The average Bonchev–Trinajstić information content (AvgIpc) is 2.95. The van der Waals surface area contributed by atoms with Gasteiger partial charge < -0.3 is 9.64 Å². The Kier molecular flexibility index (Phi) is 3.23. The summed E-state index contributed by atoms with van der Waals surface area (Å²) >= 11 is 0. The minimum atomic E-state index is -0.416. The fourth-order valence-electron chi connectivity index (χ4n) is 3.70. The summed E-state index contributed by atoms with van der Waals surface area (Å²) in [6, 6.07) is 10.9. The van der Waals surface area contributed by atoms with Crippen molar-refractivity contribution >= 4 is 6.09 Å². The Morgan fingerprint density at radius 2 is 1.90 bits per heavy atom. The lowest BCUT2D eigenvalue weighted by atomic mass is 9.90. The molecule has 3 rings (SSSR count). The van der Waals surface area contributed by atoms with Gasteiger partial charge in [0.2, 0.25) is 0 Å². The lowest BCUT2D eigenvalue weighted by Crippen LogP contribution is -2.41. The van der Waals surface area contributed by atoms with Crippen molar-refractivity contribution in [3.8, 4) is 0 Å². The Balaban J connectivity index is 1.77. The van der Waals surface area contributed by atoms with Crippen LogP contribution >= 0.6 is 0 Å². The maximum atomic E-state index is 12.3. The summed E-state index contributed by atoms with van der Waals surface area (Å²) in [6.07, 6.45) is 2.18. The Bertz CT molecular complexity index is 491. The Hall–Kier alpha value is -1.51. The minimum Gasteiger partial charge on any atom is -0.444 e. The van der Waals surface area contributed by atoms with Crippen molar-refractivity contribution in [3.05, 3.63) is 35.9 Å². The van der Waals surface area contributed by atoms with Crippen molar-refractivity contribution in [2.45, 2.75) is 51.2 Å². The summed E-state index contributed by atoms with van der Waals surface area (Å²) in [5.74, 6) is 1.08. The van der Waals surface area contributed by atoms with Crippen LogP contribution in [0.5, 0.6) is 0 Å². The number of fused-ring (bicyclic) bond motifs is 2. The Morgan fingerprint density at radius 1 is 1.20 bits per heavy atom. The van der Waals surface area contributed by atoms with Crippen LogP contribution in [0.3, 0.4) is 0 Å². The largest absolute Gasteiger partial charge is 0.444 e. The van der Waals surface area contributed by atoms with E-state index in [1.165, 1.54) is 12.0 Å². The van der Waals surface area contributed by atoms with Gasteiger partial charge in [-0.25, -0.2) is 4.79 Å². The molecule has 3 nitrogen and oxygen atoms in total. The topological polar surface area (TPSA) is 29.5 Å². The summed E-state index contributed by atoms with van der Waals surface area (Å²) in [6.45, 7) is 6.62. The molecule has 1 saturated heterocycles. The molecule has 20 heavy (non-hydrogen) atoms. The van der Waals surface area contributed by atoms with Gasteiger partial charge in [0.05, 0.1) is 0 Å². The van der Waals surface area contributed by atoms with Gasteiger partial charge in [-0.3, -0.25) is 0 Å². The van der Waals surface area contributed by atoms with E-state index in [2.05, 4.69) is 24.3 Å². The molecular weight excluding hydrogens is 250 g/mol. The molecule has 0 unspecified atom stereocenters. The number of carbonyl (C=O) groups is 1. The molecule has 2 aliphatic rings. The van der Waals surface area contributed by atoms with Crippen LogP contribution in [0.1, 0.15) is 45.1 Å². The van der Waals surface area contributed by atoms with Crippen molar-refractivity contribution in [3.63, 3.8) is 0 Å². The third-order valence-corrected chi connectivity index (χ3v) is 4.40. The van der Waals surface area contributed by atoms with Crippen molar-refractivity contribution in [2.75, 3.05) is 6.54 Å². The fraction of sp³-hybridized carbons (Fsp3) is 0.588. The summed E-state index contributed by atoms with van der Waals surface area (Å²) in [7, 11) is 0. The molecule has 1 aromatic rings. The number of piperidine rings is 1. The van der Waals surface area contributed by atoms with Crippen LogP contribution in [0.25, 0.3) is 0 Å². The van der Waals surface area contributed by atoms with Crippen LogP contribution in [0.15, 0.2) is 30.3 Å². The van der Waals surface area contributed by atoms with E-state index in [-0.39, 0.29) is 6.09 Å². The molecule has 1 aliphatic heterocycles. The number of likely N-dealkylation sites (tertiary alicyclic amines) is 1. The summed E-state index contributed by atoms with van der Waals surface area (Å²) in [5.41, 5.74) is 0.951. The highest BCUT2D eigenvalue weighted by atomic mass is 16.6. The summed E-state index contributed by atoms with van der Waals surface area (Å²) < 4.78 is 5.55. The summed E-state index contributed by atoms with van der Waals surface area (Å²) in [4.78, 5) is 14.3. The Labute approximate surface area is 120 Å². The molecule has 1 aliphatic carbocycles. The first-order valence-corrected chi connectivity index (χ1v) is 7.50. The number of amides is 1. The quantitative estimate of drug-likeness (QED) is 0.779. The maximum absolute atomic E-state index is 12.3. The van der Waals surface area contributed by atoms with Gasteiger partial charge in [-0.1, -0.05) is 30.3 Å². The second-order valence-corrected chi connectivity index (χ2v) is 6.97. The molecule has 1 aromatic carbocycles. The van der Waals surface area contributed by atoms with E-state index in [0.29, 0.717) is 17.9 Å². The number of carbonyl (C=O) groups excluding carboxylic acids is 1. The molecule has 1 heterocycles. The zero-order valence-corrected chi connectivity index (χ0v) is 12.5. The molecule has 3 heteroatoms. The molecule has 108 valence electrons. The van der Waals surface area contributed by atoms with E-state index in [1.54, 1.807) is 0 Å². The van der Waals surface area contributed by atoms with Crippen LogP contribution in [-0.4, -0.2) is 29.2 Å². The molecular formula is C17H23NO2. The van der Waals surface area contributed by atoms with Gasteiger partial charge in [0.15, 0.2) is 0 Å². The van der Waals surface area contributed by atoms with Crippen LogP contribution in [0, 0.1) is 5.92 Å². The van der Waals surface area contributed by atoms with E-state index in [9.17, 15) is 4.79 Å². The predicted octanol–water partition coefficient (Wildman–Crippen LogP) is 3.80. The Morgan fingerprint density at radius 3 is 2.55 bits per heavy atom. The van der Waals surface area contributed by atoms with Crippen LogP contribution in [-0.2, 0) is 4.74 Å². The number of hydrogen-bond donors (Lipinski definition) is 0. The van der Waals surface area contributed by atoms with Gasteiger partial charge in [0, 0.05) is 18.5 Å². The van der Waals surface area contributed by atoms with Crippen molar-refractivity contribution in [1.29, 1.82) is 0 Å². The predicted molar refractivity (Wildman–Crippen MR) is 78.6 cm³/mol.